The Morgan fingerprint density at radius 2 is 2.00 bits per heavy atom. The fourth-order valence-corrected chi connectivity index (χ4v) is 3.07. The van der Waals surface area contributed by atoms with Crippen molar-refractivity contribution >= 4 is 0 Å². The van der Waals surface area contributed by atoms with Crippen LogP contribution >= 0.6 is 0 Å². The van der Waals surface area contributed by atoms with Crippen molar-refractivity contribution in [1.29, 1.82) is 0 Å². The molecule has 2 nitrogen and oxygen atoms in total. The van der Waals surface area contributed by atoms with Crippen molar-refractivity contribution in [2.45, 2.75) is 44.6 Å². The highest BCUT2D eigenvalue weighted by molar-refractivity contribution is 4.90. The Bertz CT molecular complexity index is 207. The zero-order chi connectivity index (χ0) is 11.2. The van der Waals surface area contributed by atoms with E-state index in [2.05, 4.69) is 16.8 Å². The normalized spacial score (nSPS) is 32.9. The maximum absolute atomic E-state index is 3.76. The van der Waals surface area contributed by atoms with Crippen molar-refractivity contribution in [2.24, 2.45) is 5.92 Å². The molecule has 0 amide bonds. The molecule has 0 saturated carbocycles. The largest absolute Gasteiger partial charge is 0.312 e. The Labute approximate surface area is 100 Å². The number of nitrogens with one attached hydrogen (secondary N) is 1. The van der Waals surface area contributed by atoms with E-state index < -0.39 is 0 Å². The number of hydrogen-bond donors (Lipinski definition) is 1. The number of fused-ring (bicyclic) bond motifs is 3. The highest BCUT2D eigenvalue weighted by atomic mass is 15.2. The highest BCUT2D eigenvalue weighted by Crippen LogP contribution is 2.27. The summed E-state index contributed by atoms with van der Waals surface area (Å²) in [5.41, 5.74) is 0. The Morgan fingerprint density at radius 1 is 1.19 bits per heavy atom. The Hall–Kier alpha value is -0.340. The van der Waals surface area contributed by atoms with Crippen molar-refractivity contribution in [3.63, 3.8) is 0 Å². The van der Waals surface area contributed by atoms with E-state index in [1.165, 1.54) is 64.7 Å². The smallest absolute Gasteiger partial charge is 0.0224 e. The van der Waals surface area contributed by atoms with Gasteiger partial charge in [0, 0.05) is 12.6 Å². The molecule has 0 aromatic carbocycles. The van der Waals surface area contributed by atoms with Crippen molar-refractivity contribution in [2.75, 3.05) is 26.2 Å². The fraction of sp³-hybridized carbons (Fsp3) is 0.857. The van der Waals surface area contributed by atoms with Crippen LogP contribution in [0.2, 0.25) is 0 Å². The minimum absolute atomic E-state index is 0.793. The molecule has 2 heteroatoms. The maximum Gasteiger partial charge on any atom is 0.0224 e. The molecule has 3 aliphatic heterocycles. The first-order valence-corrected chi connectivity index (χ1v) is 6.97. The predicted octanol–water partition coefficient (Wildman–Crippen LogP) is 2.42. The van der Waals surface area contributed by atoms with Gasteiger partial charge in [-0.25, -0.2) is 0 Å². The van der Waals surface area contributed by atoms with Crippen LogP contribution in [0, 0.1) is 5.92 Å². The zero-order valence-corrected chi connectivity index (χ0v) is 10.5. The lowest BCUT2D eigenvalue weighted by Crippen LogP contribution is -2.56. The van der Waals surface area contributed by atoms with Gasteiger partial charge in [-0.15, -0.1) is 6.58 Å². The van der Waals surface area contributed by atoms with E-state index in [-0.39, 0.29) is 0 Å². The van der Waals surface area contributed by atoms with Crippen LogP contribution in [0.5, 0.6) is 0 Å². The zero-order valence-electron chi connectivity index (χ0n) is 10.5. The van der Waals surface area contributed by atoms with Crippen molar-refractivity contribution in [1.82, 2.24) is 10.2 Å². The fourth-order valence-electron chi connectivity index (χ4n) is 3.07. The van der Waals surface area contributed by atoms with Crippen LogP contribution < -0.4 is 5.32 Å². The van der Waals surface area contributed by atoms with Gasteiger partial charge in [-0.2, -0.15) is 0 Å². The second-order valence-electron chi connectivity index (χ2n) is 5.34. The standard InChI is InChI=1S/C14H26N2/c1-2-3-4-5-6-9-15-14-12-16-10-7-13(14)8-11-16/h2,13-15H,1,3-12H2. The third kappa shape index (κ3) is 3.33. The Balaban J connectivity index is 1.54. The van der Waals surface area contributed by atoms with Gasteiger partial charge in [0.1, 0.15) is 0 Å². The van der Waals surface area contributed by atoms with Crippen LogP contribution in [0.15, 0.2) is 12.7 Å². The lowest BCUT2D eigenvalue weighted by atomic mass is 9.84. The van der Waals surface area contributed by atoms with Gasteiger partial charge in [0.2, 0.25) is 0 Å². The summed E-state index contributed by atoms with van der Waals surface area (Å²) in [5.74, 6) is 0.971. The third-order valence-corrected chi connectivity index (χ3v) is 4.15. The first kappa shape index (κ1) is 12.1. The molecule has 0 aromatic rings. The monoisotopic (exact) mass is 222 g/mol. The van der Waals surface area contributed by atoms with E-state index in [4.69, 9.17) is 0 Å². The van der Waals surface area contributed by atoms with Gasteiger partial charge in [-0.05, 0) is 57.7 Å². The summed E-state index contributed by atoms with van der Waals surface area (Å²) in [6.07, 6.45) is 10.0. The number of nitrogens with zero attached hydrogens (tertiary/aromatic N) is 1. The minimum Gasteiger partial charge on any atom is -0.312 e. The Kier molecular flexibility index (Phi) is 4.86. The van der Waals surface area contributed by atoms with Crippen LogP contribution in [0.4, 0.5) is 0 Å². The van der Waals surface area contributed by atoms with Gasteiger partial charge >= 0.3 is 0 Å². The molecule has 2 bridgehead atoms. The highest BCUT2D eigenvalue weighted by Gasteiger charge is 2.33. The van der Waals surface area contributed by atoms with Gasteiger partial charge in [0.15, 0.2) is 0 Å². The number of hydrogen-bond acceptors (Lipinski definition) is 2. The molecule has 3 saturated heterocycles. The molecule has 0 aromatic heterocycles. The van der Waals surface area contributed by atoms with E-state index >= 15 is 0 Å². The van der Waals surface area contributed by atoms with Crippen LogP contribution in [-0.2, 0) is 0 Å². The van der Waals surface area contributed by atoms with Crippen molar-refractivity contribution in [3.05, 3.63) is 12.7 Å². The van der Waals surface area contributed by atoms with Gasteiger partial charge in [0.25, 0.3) is 0 Å². The topological polar surface area (TPSA) is 15.3 Å². The molecule has 3 aliphatic rings. The van der Waals surface area contributed by atoms with Gasteiger partial charge in [-0.3, -0.25) is 0 Å². The molecule has 1 N–H and O–H groups in total. The average Bonchev–Trinajstić information content (AvgIpc) is 2.35. The van der Waals surface area contributed by atoms with Crippen molar-refractivity contribution in [3.8, 4) is 0 Å². The van der Waals surface area contributed by atoms with E-state index in [9.17, 15) is 0 Å². The number of unbranched alkanes of at least 4 members (excludes halogenated alkanes) is 3. The number of piperidine rings is 3. The van der Waals surface area contributed by atoms with E-state index in [0.29, 0.717) is 0 Å². The van der Waals surface area contributed by atoms with Gasteiger partial charge < -0.3 is 10.2 Å². The average molecular weight is 222 g/mol. The summed E-state index contributed by atoms with van der Waals surface area (Å²) < 4.78 is 0. The van der Waals surface area contributed by atoms with Crippen molar-refractivity contribution < 1.29 is 0 Å². The molecule has 92 valence electrons. The summed E-state index contributed by atoms with van der Waals surface area (Å²) in [5, 5.41) is 3.76. The molecule has 0 radical (unpaired) electrons. The van der Waals surface area contributed by atoms with E-state index in [1.807, 2.05) is 6.08 Å². The summed E-state index contributed by atoms with van der Waals surface area (Å²) in [6.45, 7) is 8.97. The molecule has 1 unspecified atom stereocenters. The quantitative estimate of drug-likeness (QED) is 0.526. The predicted molar refractivity (Wildman–Crippen MR) is 69.6 cm³/mol. The SMILES string of the molecule is C=CCCCCCNC1CN2CCC1CC2. The molecule has 0 spiro atoms. The summed E-state index contributed by atoms with van der Waals surface area (Å²) in [6, 6.07) is 0.793. The second kappa shape index (κ2) is 6.41. The summed E-state index contributed by atoms with van der Waals surface area (Å²) >= 11 is 0. The molecule has 3 fully saturated rings. The van der Waals surface area contributed by atoms with Crippen LogP contribution in [-0.4, -0.2) is 37.1 Å². The first-order valence-electron chi connectivity index (χ1n) is 6.97. The van der Waals surface area contributed by atoms with E-state index in [0.717, 1.165) is 12.0 Å². The van der Waals surface area contributed by atoms with Crippen LogP contribution in [0.1, 0.15) is 38.5 Å². The van der Waals surface area contributed by atoms with Crippen LogP contribution in [0.25, 0.3) is 0 Å². The Morgan fingerprint density at radius 3 is 2.62 bits per heavy atom. The molecule has 3 heterocycles. The van der Waals surface area contributed by atoms with Gasteiger partial charge in [-0.1, -0.05) is 12.5 Å². The van der Waals surface area contributed by atoms with Crippen LogP contribution in [0.3, 0.4) is 0 Å². The third-order valence-electron chi connectivity index (χ3n) is 4.15. The maximum atomic E-state index is 3.76. The molecule has 0 aliphatic carbocycles. The summed E-state index contributed by atoms with van der Waals surface area (Å²) in [4.78, 5) is 2.62. The lowest BCUT2D eigenvalue weighted by molar-refractivity contribution is 0.0727. The molecular formula is C14H26N2. The van der Waals surface area contributed by atoms with E-state index in [1.54, 1.807) is 0 Å². The minimum atomic E-state index is 0.793. The second-order valence-corrected chi connectivity index (χ2v) is 5.34. The molecule has 3 rings (SSSR count). The van der Waals surface area contributed by atoms with Gasteiger partial charge in [0.05, 0.1) is 0 Å². The lowest BCUT2D eigenvalue weighted by Gasteiger charge is -2.45. The summed E-state index contributed by atoms with van der Waals surface area (Å²) in [7, 11) is 0. The molecular weight excluding hydrogens is 196 g/mol. The molecule has 16 heavy (non-hydrogen) atoms. The first-order chi connectivity index (χ1) is 7.90. The number of rotatable bonds is 7. The molecule has 1 atom stereocenters. The number of allylic oxidation sites excluding steroid dienone is 1.